The van der Waals surface area contributed by atoms with Gasteiger partial charge in [0.1, 0.15) is 0 Å². The van der Waals surface area contributed by atoms with E-state index in [9.17, 15) is 29.3 Å². The summed E-state index contributed by atoms with van der Waals surface area (Å²) in [6.07, 6.45) is 1.50. The van der Waals surface area contributed by atoms with E-state index in [1.54, 1.807) is 25.1 Å². The second-order valence-electron chi connectivity index (χ2n) is 9.71. The van der Waals surface area contributed by atoms with Crippen molar-refractivity contribution in [2.45, 2.75) is 26.7 Å². The van der Waals surface area contributed by atoms with Gasteiger partial charge < -0.3 is 14.8 Å². The van der Waals surface area contributed by atoms with Gasteiger partial charge in [0, 0.05) is 23.4 Å². The van der Waals surface area contributed by atoms with Gasteiger partial charge >= 0.3 is 0 Å². The maximum Gasteiger partial charge on any atom is 0.293 e. The summed E-state index contributed by atoms with van der Waals surface area (Å²) in [5, 5.41) is 13.1. The summed E-state index contributed by atoms with van der Waals surface area (Å²) < 4.78 is 11.4. The van der Waals surface area contributed by atoms with Crippen LogP contribution in [0.2, 0.25) is 0 Å². The molecular formula is C31H29N3O8S. The summed E-state index contributed by atoms with van der Waals surface area (Å²) in [6.45, 7) is 5.43. The molecule has 0 radical (unpaired) electrons. The maximum absolute atomic E-state index is 13.0. The Labute approximate surface area is 252 Å². The fourth-order valence-corrected chi connectivity index (χ4v) is 5.08. The third kappa shape index (κ3) is 7.66. The van der Waals surface area contributed by atoms with Crippen molar-refractivity contribution < 1.29 is 33.6 Å². The first-order valence-corrected chi connectivity index (χ1v) is 14.2. The van der Waals surface area contributed by atoms with Crippen LogP contribution in [0.15, 0.2) is 71.6 Å². The lowest BCUT2D eigenvalue weighted by Crippen LogP contribution is -2.33. The van der Waals surface area contributed by atoms with E-state index in [2.05, 4.69) is 5.32 Å². The average Bonchev–Trinajstić information content (AvgIpc) is 3.24. The number of hydrogen-bond acceptors (Lipinski definition) is 9. The molecule has 43 heavy (non-hydrogen) atoms. The molecule has 0 unspecified atom stereocenters. The predicted molar refractivity (Wildman–Crippen MR) is 162 cm³/mol. The summed E-state index contributed by atoms with van der Waals surface area (Å²) in [6, 6.07) is 17.4. The molecule has 1 saturated heterocycles. The SMILES string of the molecule is CCOc1cc(/C=C2/SC(=O)N(CC(=O)c3ccc([N+](=O)[O-])cc3)C2=O)ccc1OCC(=O)Nc1ccccc1C(C)C. The Bertz CT molecular complexity index is 1600. The predicted octanol–water partition coefficient (Wildman–Crippen LogP) is 6.05. The number of thioether (sulfide) groups is 1. The van der Waals surface area contributed by atoms with Gasteiger partial charge in [-0.3, -0.25) is 34.2 Å². The molecule has 1 heterocycles. The molecule has 3 aromatic rings. The number of imide groups is 1. The van der Waals surface area contributed by atoms with E-state index in [0.717, 1.165) is 16.2 Å². The number of hydrogen-bond donors (Lipinski definition) is 1. The number of nitro benzene ring substituents is 1. The summed E-state index contributed by atoms with van der Waals surface area (Å²) in [5.41, 5.74) is 2.23. The molecular weight excluding hydrogens is 574 g/mol. The van der Waals surface area contributed by atoms with Crippen LogP contribution in [0, 0.1) is 10.1 Å². The van der Waals surface area contributed by atoms with Crippen LogP contribution < -0.4 is 14.8 Å². The molecule has 0 bridgehead atoms. The number of nitro groups is 1. The number of nitrogens with one attached hydrogen (secondary N) is 1. The highest BCUT2D eigenvalue weighted by Crippen LogP contribution is 2.35. The van der Waals surface area contributed by atoms with E-state index in [0.29, 0.717) is 35.4 Å². The fourth-order valence-electron chi connectivity index (χ4n) is 4.24. The summed E-state index contributed by atoms with van der Waals surface area (Å²) in [5.74, 6) is -0.604. The van der Waals surface area contributed by atoms with Crippen molar-refractivity contribution in [2.75, 3.05) is 25.1 Å². The second-order valence-corrected chi connectivity index (χ2v) is 10.7. The monoisotopic (exact) mass is 603 g/mol. The standard InChI is InChI=1S/C31H29N3O8S/c1-4-41-27-15-20(9-14-26(27)42-18-29(36)32-24-8-6-5-7-23(24)19(2)3)16-28-30(37)33(31(38)43-28)17-25(35)21-10-12-22(13-11-21)34(39)40/h5-16,19H,4,17-18H2,1-3H3,(H,32,36)/b28-16+. The number of ketones is 1. The van der Waals surface area contributed by atoms with E-state index in [-0.39, 0.29) is 34.6 Å². The molecule has 1 fully saturated rings. The number of ether oxygens (including phenoxy) is 2. The zero-order valence-electron chi connectivity index (χ0n) is 23.7. The molecule has 3 amide bonds. The Morgan fingerprint density at radius 1 is 1.02 bits per heavy atom. The van der Waals surface area contributed by atoms with E-state index in [1.807, 2.05) is 38.1 Å². The van der Waals surface area contributed by atoms with Gasteiger partial charge in [-0.25, -0.2) is 0 Å². The lowest BCUT2D eigenvalue weighted by molar-refractivity contribution is -0.384. The first kappa shape index (κ1) is 31.0. The minimum atomic E-state index is -0.637. The van der Waals surface area contributed by atoms with Crippen LogP contribution >= 0.6 is 11.8 Å². The molecule has 11 nitrogen and oxygen atoms in total. The van der Waals surface area contributed by atoms with Crippen LogP contribution in [0.25, 0.3) is 6.08 Å². The van der Waals surface area contributed by atoms with Crippen molar-refractivity contribution in [1.82, 2.24) is 4.90 Å². The quantitative estimate of drug-likeness (QED) is 0.113. The fraction of sp³-hybridized carbons (Fsp3) is 0.226. The van der Waals surface area contributed by atoms with Gasteiger partial charge in [0.2, 0.25) is 0 Å². The maximum atomic E-state index is 13.0. The van der Waals surface area contributed by atoms with Gasteiger partial charge in [-0.2, -0.15) is 0 Å². The van der Waals surface area contributed by atoms with Gasteiger partial charge in [0.05, 0.1) is 23.0 Å². The normalized spacial score (nSPS) is 13.9. The second kappa shape index (κ2) is 13.8. The van der Waals surface area contributed by atoms with Gasteiger partial charge in [0.25, 0.3) is 22.7 Å². The lowest BCUT2D eigenvalue weighted by Gasteiger charge is -2.15. The number of Topliss-reactive ketones (excluding diaryl/α,β-unsaturated/α-hetero) is 1. The number of non-ortho nitro benzene ring substituents is 1. The largest absolute Gasteiger partial charge is 0.490 e. The minimum absolute atomic E-state index is 0.112. The zero-order chi connectivity index (χ0) is 31.1. The number of anilines is 1. The number of para-hydroxylation sites is 1. The number of nitrogens with zero attached hydrogens (tertiary/aromatic N) is 2. The molecule has 3 aromatic carbocycles. The highest BCUT2D eigenvalue weighted by atomic mass is 32.2. The van der Waals surface area contributed by atoms with Gasteiger partial charge in [0.15, 0.2) is 23.9 Å². The number of amides is 3. The molecule has 0 saturated carbocycles. The Morgan fingerprint density at radius 3 is 2.42 bits per heavy atom. The summed E-state index contributed by atoms with van der Waals surface area (Å²) in [7, 11) is 0. The van der Waals surface area contributed by atoms with Crippen molar-refractivity contribution in [3.8, 4) is 11.5 Å². The van der Waals surface area contributed by atoms with Crippen molar-refractivity contribution in [3.05, 3.63) is 98.4 Å². The minimum Gasteiger partial charge on any atom is -0.490 e. The van der Waals surface area contributed by atoms with E-state index in [1.165, 1.54) is 30.3 Å². The average molecular weight is 604 g/mol. The molecule has 0 aromatic heterocycles. The van der Waals surface area contributed by atoms with Crippen molar-refractivity contribution >= 4 is 52.0 Å². The van der Waals surface area contributed by atoms with E-state index in [4.69, 9.17) is 9.47 Å². The van der Waals surface area contributed by atoms with Crippen molar-refractivity contribution in [2.24, 2.45) is 0 Å². The Kier molecular flexibility index (Phi) is 9.94. The third-order valence-electron chi connectivity index (χ3n) is 6.36. The summed E-state index contributed by atoms with van der Waals surface area (Å²) in [4.78, 5) is 62.0. The molecule has 1 aliphatic heterocycles. The number of benzene rings is 3. The van der Waals surface area contributed by atoms with Gasteiger partial charge in [-0.05, 0) is 72.1 Å². The first-order chi connectivity index (χ1) is 20.6. The number of carbonyl (C=O) groups excluding carboxylic acids is 4. The van der Waals surface area contributed by atoms with Gasteiger partial charge in [-0.15, -0.1) is 0 Å². The number of carbonyl (C=O) groups is 4. The Morgan fingerprint density at radius 2 is 1.74 bits per heavy atom. The van der Waals surface area contributed by atoms with Crippen molar-refractivity contribution in [3.63, 3.8) is 0 Å². The third-order valence-corrected chi connectivity index (χ3v) is 7.26. The highest BCUT2D eigenvalue weighted by Gasteiger charge is 2.36. The topological polar surface area (TPSA) is 145 Å². The molecule has 0 aliphatic carbocycles. The molecule has 12 heteroatoms. The highest BCUT2D eigenvalue weighted by molar-refractivity contribution is 8.18. The van der Waals surface area contributed by atoms with Crippen LogP contribution in [0.5, 0.6) is 11.5 Å². The van der Waals surface area contributed by atoms with Crippen LogP contribution in [-0.2, 0) is 9.59 Å². The Balaban J connectivity index is 1.43. The molecule has 1 N–H and O–H groups in total. The van der Waals surface area contributed by atoms with E-state index < -0.39 is 28.4 Å². The summed E-state index contributed by atoms with van der Waals surface area (Å²) >= 11 is 0.694. The molecule has 1 aliphatic rings. The molecule has 0 spiro atoms. The van der Waals surface area contributed by atoms with Gasteiger partial charge in [-0.1, -0.05) is 38.1 Å². The molecule has 0 atom stereocenters. The van der Waals surface area contributed by atoms with Crippen LogP contribution in [0.4, 0.5) is 16.2 Å². The Hall–Kier alpha value is -4.97. The smallest absolute Gasteiger partial charge is 0.293 e. The lowest BCUT2D eigenvalue weighted by atomic mass is 10.0. The molecule has 4 rings (SSSR count). The van der Waals surface area contributed by atoms with E-state index >= 15 is 0 Å². The molecule has 222 valence electrons. The van der Waals surface area contributed by atoms with Crippen molar-refractivity contribution in [1.29, 1.82) is 0 Å². The number of rotatable bonds is 12. The van der Waals surface area contributed by atoms with Crippen LogP contribution in [0.1, 0.15) is 48.2 Å². The zero-order valence-corrected chi connectivity index (χ0v) is 24.5. The first-order valence-electron chi connectivity index (χ1n) is 13.4. The van der Waals surface area contributed by atoms with Crippen LogP contribution in [0.3, 0.4) is 0 Å². The van der Waals surface area contributed by atoms with Crippen LogP contribution in [-0.4, -0.2) is 52.4 Å².